The predicted octanol–water partition coefficient (Wildman–Crippen LogP) is 4.27. The molecular formula is C27H17NO8. The lowest BCUT2D eigenvalue weighted by Crippen LogP contribution is -2.22. The van der Waals surface area contributed by atoms with Crippen molar-refractivity contribution in [2.45, 2.75) is 12.3 Å². The number of benzene rings is 3. The normalized spacial score (nSPS) is 15.1. The molecule has 3 heterocycles. The van der Waals surface area contributed by atoms with Crippen molar-refractivity contribution in [1.29, 1.82) is 0 Å². The highest BCUT2D eigenvalue weighted by molar-refractivity contribution is 5.94. The lowest BCUT2D eigenvalue weighted by Gasteiger charge is -2.26. The summed E-state index contributed by atoms with van der Waals surface area (Å²) in [5.41, 5.74) is 0.991. The minimum Gasteiger partial charge on any atom is -0.507 e. The quantitative estimate of drug-likeness (QED) is 0.164. The highest BCUT2D eigenvalue weighted by atomic mass is 16.5. The molecule has 36 heavy (non-hydrogen) atoms. The molecule has 0 amide bonds. The Morgan fingerprint density at radius 3 is 2.53 bits per heavy atom. The molecule has 0 radical (unpaired) electrons. The Morgan fingerprint density at radius 1 is 0.889 bits per heavy atom. The number of esters is 1. The molecule has 0 saturated heterocycles. The van der Waals surface area contributed by atoms with Gasteiger partial charge in [-0.05, 0) is 42.0 Å². The Balaban J connectivity index is 1.66. The van der Waals surface area contributed by atoms with E-state index < -0.39 is 40.3 Å². The van der Waals surface area contributed by atoms with E-state index in [9.17, 15) is 30.0 Å². The van der Waals surface area contributed by atoms with E-state index in [2.05, 4.69) is 4.98 Å². The molecule has 3 aromatic carbocycles. The number of rotatable bonds is 2. The first-order chi connectivity index (χ1) is 17.3. The van der Waals surface area contributed by atoms with E-state index in [0.717, 1.165) is 28.6 Å². The predicted molar refractivity (Wildman–Crippen MR) is 128 cm³/mol. The van der Waals surface area contributed by atoms with E-state index in [1.165, 1.54) is 12.1 Å². The number of aromatic hydroxyl groups is 4. The number of phenols is 3. The third-order valence-electron chi connectivity index (χ3n) is 6.33. The number of nitrogens with zero attached hydrogens (tertiary/aromatic N) is 1. The van der Waals surface area contributed by atoms with Crippen LogP contribution in [0.25, 0.3) is 33.2 Å². The van der Waals surface area contributed by atoms with Crippen LogP contribution >= 0.6 is 0 Å². The van der Waals surface area contributed by atoms with Gasteiger partial charge in [-0.1, -0.05) is 12.1 Å². The maximum atomic E-state index is 13.2. The summed E-state index contributed by atoms with van der Waals surface area (Å²) in [6, 6.07) is 14.0. The second-order valence-corrected chi connectivity index (χ2v) is 8.51. The molecule has 0 aliphatic carbocycles. The highest BCUT2D eigenvalue weighted by Crippen LogP contribution is 2.47. The van der Waals surface area contributed by atoms with Crippen molar-refractivity contribution in [2.75, 3.05) is 0 Å². The molecule has 5 aromatic rings. The average Bonchev–Trinajstić information content (AvgIpc) is 2.86. The van der Waals surface area contributed by atoms with E-state index in [1.54, 1.807) is 12.3 Å². The molecule has 178 valence electrons. The summed E-state index contributed by atoms with van der Waals surface area (Å²) in [4.78, 5) is 30.0. The summed E-state index contributed by atoms with van der Waals surface area (Å²) in [6.45, 7) is 0. The van der Waals surface area contributed by atoms with Crippen LogP contribution in [0.1, 0.15) is 23.5 Å². The van der Waals surface area contributed by atoms with Gasteiger partial charge in [-0.15, -0.1) is 0 Å². The molecule has 2 aromatic heterocycles. The molecule has 1 aliphatic rings. The van der Waals surface area contributed by atoms with Gasteiger partial charge in [-0.25, -0.2) is 0 Å². The van der Waals surface area contributed by atoms with Crippen molar-refractivity contribution in [3.05, 3.63) is 82.1 Å². The summed E-state index contributed by atoms with van der Waals surface area (Å²) < 4.78 is 11.4. The Morgan fingerprint density at radius 2 is 1.72 bits per heavy atom. The monoisotopic (exact) mass is 483 g/mol. The minimum atomic E-state index is -0.905. The molecule has 1 atom stereocenters. The van der Waals surface area contributed by atoms with Crippen LogP contribution in [0.4, 0.5) is 0 Å². The minimum absolute atomic E-state index is 0.0286. The fourth-order valence-electron chi connectivity index (χ4n) is 4.64. The van der Waals surface area contributed by atoms with Crippen LogP contribution in [0.15, 0.2) is 70.0 Å². The van der Waals surface area contributed by atoms with Crippen molar-refractivity contribution in [1.82, 2.24) is 4.98 Å². The van der Waals surface area contributed by atoms with E-state index in [1.807, 2.05) is 24.3 Å². The summed E-state index contributed by atoms with van der Waals surface area (Å²) in [5.74, 6) is -3.56. The molecule has 9 heteroatoms. The molecule has 6 rings (SSSR count). The van der Waals surface area contributed by atoms with Crippen LogP contribution in [0.3, 0.4) is 0 Å². The maximum absolute atomic E-state index is 13.2. The van der Waals surface area contributed by atoms with Gasteiger partial charge in [0, 0.05) is 34.7 Å². The van der Waals surface area contributed by atoms with Gasteiger partial charge in [-0.3, -0.25) is 14.6 Å². The van der Waals surface area contributed by atoms with Crippen molar-refractivity contribution >= 4 is 27.8 Å². The topological polar surface area (TPSA) is 150 Å². The zero-order valence-electron chi connectivity index (χ0n) is 18.4. The van der Waals surface area contributed by atoms with E-state index in [-0.39, 0.29) is 34.5 Å². The first-order valence-corrected chi connectivity index (χ1v) is 10.9. The van der Waals surface area contributed by atoms with Gasteiger partial charge in [0.25, 0.3) is 0 Å². The van der Waals surface area contributed by atoms with Crippen LogP contribution in [0, 0.1) is 0 Å². The van der Waals surface area contributed by atoms with Crippen LogP contribution in [0.2, 0.25) is 0 Å². The Hall–Kier alpha value is -5.05. The van der Waals surface area contributed by atoms with Gasteiger partial charge in [0.05, 0.1) is 11.9 Å². The van der Waals surface area contributed by atoms with Crippen molar-refractivity contribution < 1.29 is 34.4 Å². The molecule has 0 saturated carbocycles. The van der Waals surface area contributed by atoms with Gasteiger partial charge in [0.1, 0.15) is 22.5 Å². The van der Waals surface area contributed by atoms with Crippen molar-refractivity contribution in [2.24, 2.45) is 0 Å². The average molecular weight is 483 g/mol. The first-order valence-electron chi connectivity index (χ1n) is 10.9. The molecule has 0 fully saturated rings. The molecule has 0 spiro atoms. The number of fused-ring (bicyclic) bond motifs is 4. The van der Waals surface area contributed by atoms with E-state index in [0.29, 0.717) is 5.56 Å². The summed E-state index contributed by atoms with van der Waals surface area (Å²) in [7, 11) is 0. The summed E-state index contributed by atoms with van der Waals surface area (Å²) >= 11 is 0. The zero-order chi connectivity index (χ0) is 25.1. The Kier molecular flexibility index (Phi) is 4.62. The second-order valence-electron chi connectivity index (χ2n) is 8.51. The fourth-order valence-corrected chi connectivity index (χ4v) is 4.64. The molecular weight excluding hydrogens is 466 g/mol. The standard InChI is InChI=1S/C27H17NO8/c29-17-6-4-14(9-18(17)30)26-25(34)24(33)23-19(31)11-20-22(27(23)36-26)15(10-21(32)35-20)12-3-5-16-13(8-12)2-1-7-28-16/h1-9,11,15,29-31,34H,10H2/t15-/m0/s1. The van der Waals surface area contributed by atoms with Gasteiger partial charge in [-0.2, -0.15) is 0 Å². The number of hydrogen-bond acceptors (Lipinski definition) is 9. The Bertz CT molecular complexity index is 1790. The second kappa shape index (κ2) is 7.74. The number of phenolic OH excluding ortho intramolecular Hbond substituents is 3. The number of pyridine rings is 1. The smallest absolute Gasteiger partial charge is 0.312 e. The number of hydrogen-bond donors (Lipinski definition) is 4. The van der Waals surface area contributed by atoms with Crippen molar-refractivity contribution in [3.63, 3.8) is 0 Å². The van der Waals surface area contributed by atoms with Crippen molar-refractivity contribution in [3.8, 4) is 40.1 Å². The highest BCUT2D eigenvalue weighted by Gasteiger charge is 2.34. The Labute approximate surface area is 202 Å². The maximum Gasteiger partial charge on any atom is 0.312 e. The van der Waals surface area contributed by atoms with Gasteiger partial charge >= 0.3 is 5.97 Å². The van der Waals surface area contributed by atoms with E-state index in [4.69, 9.17) is 9.15 Å². The summed E-state index contributed by atoms with van der Waals surface area (Å²) in [6.07, 6.45) is 1.62. The van der Waals surface area contributed by atoms with Gasteiger partial charge < -0.3 is 29.6 Å². The number of aromatic nitrogens is 1. The zero-order valence-corrected chi connectivity index (χ0v) is 18.4. The number of ether oxygens (including phenoxy) is 1. The molecule has 0 bridgehead atoms. The van der Waals surface area contributed by atoms with Gasteiger partial charge in [0.2, 0.25) is 11.2 Å². The SMILES string of the molecule is O=C1C[C@@H](c2ccc3ncccc3c2)c2c(cc(O)c3c(=O)c(O)c(-c4ccc(O)c(O)c4)oc23)O1. The largest absolute Gasteiger partial charge is 0.507 e. The fraction of sp³-hybridized carbons (Fsp3) is 0.0741. The molecule has 9 nitrogen and oxygen atoms in total. The number of carbonyl (C=O) groups excluding carboxylic acids is 1. The van der Waals surface area contributed by atoms with Crippen LogP contribution in [-0.4, -0.2) is 31.4 Å². The molecule has 1 aliphatic heterocycles. The third-order valence-corrected chi connectivity index (χ3v) is 6.33. The molecule has 4 N–H and O–H groups in total. The lowest BCUT2D eigenvalue weighted by molar-refractivity contribution is -0.135. The van der Waals surface area contributed by atoms with E-state index >= 15 is 0 Å². The van der Waals surface area contributed by atoms with Crippen LogP contribution in [0.5, 0.6) is 28.7 Å². The molecule has 0 unspecified atom stereocenters. The van der Waals surface area contributed by atoms with Crippen LogP contribution < -0.4 is 10.2 Å². The van der Waals surface area contributed by atoms with Gasteiger partial charge in [0.15, 0.2) is 17.3 Å². The summed E-state index contributed by atoms with van der Waals surface area (Å²) in [5, 5.41) is 41.4. The first kappa shape index (κ1) is 21.5. The lowest BCUT2D eigenvalue weighted by atomic mass is 9.84. The van der Waals surface area contributed by atoms with Crippen LogP contribution in [-0.2, 0) is 4.79 Å². The number of carbonyl (C=O) groups is 1. The third kappa shape index (κ3) is 3.21.